The number of nitrogens with one attached hydrogen (secondary N) is 1. The molecule has 2 aromatic heterocycles. The number of aryl methyl sites for hydroxylation is 4. The highest BCUT2D eigenvalue weighted by Gasteiger charge is 2.13. The molecule has 0 atom stereocenters. The number of aliphatic imine (C=N–C) groups is 2. The van der Waals surface area contributed by atoms with Crippen LogP contribution >= 0.6 is 39.7 Å². The molecule has 0 saturated heterocycles. The fourth-order valence-corrected chi connectivity index (χ4v) is 7.81. The van der Waals surface area contributed by atoms with Crippen LogP contribution in [0.1, 0.15) is 91.8 Å². The van der Waals surface area contributed by atoms with E-state index in [0.29, 0.717) is 5.56 Å². The molecule has 0 aliphatic carbocycles. The average molecular weight is 937 g/mol. The number of halogens is 1. The molecule has 10 nitrogen and oxygen atoms in total. The number of benzene rings is 4. The molecule has 0 aliphatic heterocycles. The largest absolute Gasteiger partial charge is 0.478 e. The topological polar surface area (TPSA) is 123 Å². The Balaban J connectivity index is 0.000000269. The maximum atomic E-state index is 12.1. The van der Waals surface area contributed by atoms with E-state index in [2.05, 4.69) is 91.4 Å². The van der Waals surface area contributed by atoms with Crippen LogP contribution in [0.5, 0.6) is 0 Å². The van der Waals surface area contributed by atoms with Crippen LogP contribution in [0.25, 0.3) is 22.5 Å². The van der Waals surface area contributed by atoms with Crippen LogP contribution in [0.2, 0.25) is 0 Å². The summed E-state index contributed by atoms with van der Waals surface area (Å²) in [7, 11) is 4.03. The fraction of sp³-hybridized carbons (Fsp3) is 0.306. The molecule has 0 fully saturated rings. The van der Waals surface area contributed by atoms with Crippen molar-refractivity contribution in [2.24, 2.45) is 9.98 Å². The van der Waals surface area contributed by atoms with Gasteiger partial charge in [-0.3, -0.25) is 4.79 Å². The monoisotopic (exact) mass is 935 g/mol. The van der Waals surface area contributed by atoms with E-state index in [-0.39, 0.29) is 34.5 Å². The number of carboxylic acids is 1. The number of rotatable bonds is 15. The zero-order chi connectivity index (χ0) is 44.2. The average Bonchev–Trinajstić information content (AvgIpc) is 3.92. The van der Waals surface area contributed by atoms with Crippen molar-refractivity contribution in [3.8, 4) is 22.5 Å². The number of carboxylic acid groups (broad SMARTS) is 1. The number of carbonyl (C=O) groups excluding carboxylic acids is 1. The van der Waals surface area contributed by atoms with E-state index in [1.165, 1.54) is 27.8 Å². The smallest absolute Gasteiger partial charge is 0.335 e. The number of carbonyl (C=O) groups is 2. The molecule has 0 saturated carbocycles. The first-order valence-electron chi connectivity index (χ1n) is 20.5. The van der Waals surface area contributed by atoms with Gasteiger partial charge in [0.25, 0.3) is 5.91 Å². The molecule has 62 heavy (non-hydrogen) atoms. The lowest BCUT2D eigenvalue weighted by molar-refractivity contribution is 0.0696. The zero-order valence-electron chi connectivity index (χ0n) is 37.3. The third-order valence-electron chi connectivity index (χ3n) is 10.2. The van der Waals surface area contributed by atoms with Gasteiger partial charge in [-0.25, -0.2) is 24.7 Å². The third-order valence-corrected chi connectivity index (χ3v) is 11.9. The molecule has 0 bridgehead atoms. The lowest BCUT2D eigenvalue weighted by Crippen LogP contribution is -2.29. The standard InChI is InChI=1S/C26H32N4OS.C23H25N3O2S.BrH/c1-7-30(6)16-27-23-13-18(4)22(12-19(23)5)14-25-29-24(15-32-25)20-8-10-21(11-9-20)26(31)28-17(2)3;1-5-26(4)14-24-20-11-15(2)19(10-16(20)3)12-22-25-21(13-29-22)17-6-8-18(9-7-17)23(27)28;/h8-13,15-17H,7,14H2,1-6H3,(H,28,31);6-11,13-14H,5,12H2,1-4H3,(H,27,28);1H. The van der Waals surface area contributed by atoms with Gasteiger partial charge in [-0.2, -0.15) is 0 Å². The van der Waals surface area contributed by atoms with Gasteiger partial charge in [0.15, 0.2) is 0 Å². The highest BCUT2D eigenvalue weighted by Crippen LogP contribution is 2.30. The van der Waals surface area contributed by atoms with Crippen LogP contribution in [0.15, 0.2) is 93.5 Å². The Labute approximate surface area is 385 Å². The highest BCUT2D eigenvalue weighted by molar-refractivity contribution is 8.93. The van der Waals surface area contributed by atoms with Crippen molar-refractivity contribution in [3.63, 3.8) is 0 Å². The van der Waals surface area contributed by atoms with Gasteiger partial charge in [0.05, 0.1) is 51.0 Å². The summed E-state index contributed by atoms with van der Waals surface area (Å²) in [5, 5.41) is 18.2. The van der Waals surface area contributed by atoms with Gasteiger partial charge >= 0.3 is 5.97 Å². The molecule has 13 heteroatoms. The van der Waals surface area contributed by atoms with Crippen molar-refractivity contribution in [1.82, 2.24) is 25.1 Å². The van der Waals surface area contributed by atoms with Crippen LogP contribution in [0, 0.1) is 27.7 Å². The maximum absolute atomic E-state index is 12.1. The summed E-state index contributed by atoms with van der Waals surface area (Å²) in [6.07, 6.45) is 5.31. The van der Waals surface area contributed by atoms with Crippen molar-refractivity contribution >= 4 is 75.6 Å². The molecule has 6 rings (SSSR count). The van der Waals surface area contributed by atoms with Crippen molar-refractivity contribution < 1.29 is 14.7 Å². The van der Waals surface area contributed by atoms with E-state index in [9.17, 15) is 9.59 Å². The van der Waals surface area contributed by atoms with E-state index in [0.717, 1.165) is 75.4 Å². The third kappa shape index (κ3) is 13.8. The normalized spacial score (nSPS) is 11.1. The minimum atomic E-state index is -0.921. The first kappa shape index (κ1) is 49.2. The van der Waals surface area contributed by atoms with Gasteiger partial charge < -0.3 is 20.2 Å². The maximum Gasteiger partial charge on any atom is 0.335 e. The van der Waals surface area contributed by atoms with Gasteiger partial charge in [-0.15, -0.1) is 39.7 Å². The Bertz CT molecular complexity index is 2490. The Hall–Kier alpha value is -5.50. The predicted octanol–water partition coefficient (Wildman–Crippen LogP) is 11.7. The van der Waals surface area contributed by atoms with Gasteiger partial charge in [0, 0.05) is 73.5 Å². The second kappa shape index (κ2) is 23.1. The second-order valence-electron chi connectivity index (χ2n) is 15.5. The number of hydrogen-bond donors (Lipinski definition) is 2. The Morgan fingerprint density at radius 3 is 1.45 bits per heavy atom. The predicted molar refractivity (Wildman–Crippen MR) is 265 cm³/mol. The summed E-state index contributed by atoms with van der Waals surface area (Å²) in [5.41, 5.74) is 14.0. The van der Waals surface area contributed by atoms with Gasteiger partial charge in [0.1, 0.15) is 0 Å². The van der Waals surface area contributed by atoms with Crippen molar-refractivity contribution in [3.05, 3.63) is 138 Å². The quantitative estimate of drug-likeness (QED) is 0.0776. The number of nitrogens with zero attached hydrogens (tertiary/aromatic N) is 6. The number of amides is 1. The number of hydrogen-bond acceptors (Lipinski definition) is 8. The summed E-state index contributed by atoms with van der Waals surface area (Å²) >= 11 is 3.29. The summed E-state index contributed by atoms with van der Waals surface area (Å²) in [5.74, 6) is -0.971. The first-order valence-corrected chi connectivity index (χ1v) is 22.2. The molecule has 2 N–H and O–H groups in total. The second-order valence-corrected chi connectivity index (χ2v) is 17.3. The minimum Gasteiger partial charge on any atom is -0.478 e. The minimum absolute atomic E-state index is 0. The highest BCUT2D eigenvalue weighted by atomic mass is 79.9. The van der Waals surface area contributed by atoms with Crippen LogP contribution < -0.4 is 5.32 Å². The molecular weight excluding hydrogens is 879 g/mol. The van der Waals surface area contributed by atoms with Crippen LogP contribution in [-0.4, -0.2) is 82.7 Å². The van der Waals surface area contributed by atoms with Crippen molar-refractivity contribution in [1.29, 1.82) is 0 Å². The molecule has 4 aromatic carbocycles. The number of thiazole rings is 2. The summed E-state index contributed by atoms with van der Waals surface area (Å²) in [6, 6.07) is 23.3. The van der Waals surface area contributed by atoms with Gasteiger partial charge in [-0.1, -0.05) is 36.4 Å². The van der Waals surface area contributed by atoms with Crippen molar-refractivity contribution in [2.75, 3.05) is 27.2 Å². The lowest BCUT2D eigenvalue weighted by Gasteiger charge is -2.11. The van der Waals surface area contributed by atoms with Crippen LogP contribution in [0.3, 0.4) is 0 Å². The summed E-state index contributed by atoms with van der Waals surface area (Å²) in [6.45, 7) is 18.4. The van der Waals surface area contributed by atoms with E-state index in [4.69, 9.17) is 15.1 Å². The Morgan fingerprint density at radius 2 is 1.08 bits per heavy atom. The summed E-state index contributed by atoms with van der Waals surface area (Å²) in [4.78, 5) is 46.1. The van der Waals surface area contributed by atoms with Gasteiger partial charge in [0.2, 0.25) is 0 Å². The van der Waals surface area contributed by atoms with Crippen LogP contribution in [0.4, 0.5) is 11.4 Å². The van der Waals surface area contributed by atoms with E-state index >= 15 is 0 Å². The molecule has 1 amide bonds. The number of aromatic carboxylic acids is 1. The van der Waals surface area contributed by atoms with E-state index in [1.807, 2.05) is 75.2 Å². The molecular formula is C49H58BrN7O3S2. The fourth-order valence-electron chi connectivity index (χ4n) is 6.16. The summed E-state index contributed by atoms with van der Waals surface area (Å²) < 4.78 is 0. The zero-order valence-corrected chi connectivity index (χ0v) is 40.7. The van der Waals surface area contributed by atoms with E-state index < -0.39 is 5.97 Å². The van der Waals surface area contributed by atoms with Crippen LogP contribution in [-0.2, 0) is 12.8 Å². The molecule has 0 radical (unpaired) electrons. The molecule has 0 spiro atoms. The van der Waals surface area contributed by atoms with E-state index in [1.54, 1.807) is 46.9 Å². The molecule has 2 heterocycles. The molecule has 0 unspecified atom stereocenters. The molecule has 0 aliphatic rings. The first-order chi connectivity index (χ1) is 29.1. The number of aromatic nitrogens is 2. The van der Waals surface area contributed by atoms with Crippen molar-refractivity contribution in [2.45, 2.75) is 74.3 Å². The Morgan fingerprint density at radius 1 is 0.677 bits per heavy atom. The lowest BCUT2D eigenvalue weighted by atomic mass is 10.0. The molecule has 326 valence electrons. The SMILES string of the molecule is Br.CCN(C)C=Nc1cc(C)c(Cc2nc(-c3ccc(C(=O)NC(C)C)cc3)cs2)cc1C.CCN(C)C=Nc1cc(C)c(Cc2nc(-c3ccc(C(=O)O)cc3)cs2)cc1C. The van der Waals surface area contributed by atoms with Gasteiger partial charge in [-0.05, 0) is 125 Å². The Kier molecular flexibility index (Phi) is 18.3. The molecule has 6 aromatic rings.